The fraction of sp³-hybridized carbons (Fsp3) is 0.600. The number of aromatic nitrogens is 2. The first-order valence-electron chi connectivity index (χ1n) is 5.95. The summed E-state index contributed by atoms with van der Waals surface area (Å²) in [5.74, 6) is -0.377. The molecule has 1 aliphatic heterocycles. The Morgan fingerprint density at radius 3 is 2.68 bits per heavy atom. The van der Waals surface area contributed by atoms with E-state index in [1.807, 2.05) is 5.01 Å². The maximum atomic E-state index is 11.9. The second-order valence-corrected chi connectivity index (χ2v) is 5.93. The van der Waals surface area contributed by atoms with E-state index in [2.05, 4.69) is 14.8 Å². The summed E-state index contributed by atoms with van der Waals surface area (Å²) in [6.07, 6.45) is 5.44. The minimum absolute atomic E-state index is 0.106. The van der Waals surface area contributed by atoms with Crippen molar-refractivity contribution < 1.29 is 17.5 Å². The van der Waals surface area contributed by atoms with E-state index in [0.717, 1.165) is 37.0 Å². The summed E-state index contributed by atoms with van der Waals surface area (Å²) in [6.45, 7) is 1.62. The van der Waals surface area contributed by atoms with Gasteiger partial charge in [-0.05, 0) is 18.9 Å². The number of piperidine rings is 1. The molecule has 2 rings (SSSR count). The molecule has 1 aromatic rings. The Balaban J connectivity index is 1.95. The molecule has 9 heteroatoms. The lowest BCUT2D eigenvalue weighted by Gasteiger charge is -2.26. The first-order valence-corrected chi connectivity index (χ1v) is 7.77. The van der Waals surface area contributed by atoms with E-state index < -0.39 is 10.1 Å². The first-order chi connectivity index (χ1) is 8.94. The van der Waals surface area contributed by atoms with Crippen molar-refractivity contribution in [2.24, 2.45) is 0 Å². The summed E-state index contributed by atoms with van der Waals surface area (Å²) < 4.78 is 26.3. The molecule has 1 N–H and O–H groups in total. The van der Waals surface area contributed by atoms with Crippen LogP contribution in [0.4, 0.5) is 0 Å². The Kier molecular flexibility index (Phi) is 4.05. The molecule has 0 bridgehead atoms. The van der Waals surface area contributed by atoms with Gasteiger partial charge in [0.2, 0.25) is 0 Å². The summed E-state index contributed by atoms with van der Waals surface area (Å²) >= 11 is 0. The molecule has 1 aliphatic rings. The van der Waals surface area contributed by atoms with Crippen LogP contribution in [-0.4, -0.2) is 48.6 Å². The lowest BCUT2D eigenvalue weighted by molar-refractivity contribution is 0.0740. The number of carbonyl (C=O) groups is 1. The van der Waals surface area contributed by atoms with Gasteiger partial charge in [-0.25, -0.2) is 5.01 Å². The number of carbonyl (C=O) groups excluding carboxylic acids is 1. The Morgan fingerprint density at radius 2 is 2.05 bits per heavy atom. The van der Waals surface area contributed by atoms with Gasteiger partial charge in [-0.15, -0.1) is 5.10 Å². The van der Waals surface area contributed by atoms with Gasteiger partial charge in [0.05, 0.1) is 12.5 Å². The zero-order valence-electron chi connectivity index (χ0n) is 10.6. The van der Waals surface area contributed by atoms with E-state index in [-0.39, 0.29) is 11.6 Å². The number of amides is 1. The molecule has 2 heterocycles. The molecule has 19 heavy (non-hydrogen) atoms. The van der Waals surface area contributed by atoms with Crippen molar-refractivity contribution in [1.82, 2.24) is 20.4 Å². The van der Waals surface area contributed by atoms with Crippen molar-refractivity contribution in [3.05, 3.63) is 18.0 Å². The summed E-state index contributed by atoms with van der Waals surface area (Å²) in [5, 5.41) is 5.57. The molecule has 1 aromatic heterocycles. The number of nitrogens with one attached hydrogen (secondary N) is 1. The van der Waals surface area contributed by atoms with Gasteiger partial charge in [0.25, 0.3) is 5.91 Å². The highest BCUT2D eigenvalue weighted by molar-refractivity contribution is 7.86. The average Bonchev–Trinajstić information content (AvgIpc) is 2.76. The largest absolute Gasteiger partial charge is 0.325 e. The lowest BCUT2D eigenvalue weighted by atomic mass is 10.2. The van der Waals surface area contributed by atoms with E-state index in [9.17, 15) is 13.2 Å². The molecule has 0 unspecified atom stereocenters. The molecule has 1 fully saturated rings. The van der Waals surface area contributed by atoms with Crippen molar-refractivity contribution in [2.45, 2.75) is 19.3 Å². The normalized spacial score (nSPS) is 17.1. The fourth-order valence-electron chi connectivity index (χ4n) is 1.82. The van der Waals surface area contributed by atoms with Crippen molar-refractivity contribution in [3.8, 4) is 0 Å². The molecule has 0 aromatic carbocycles. The Hall–Kier alpha value is -1.61. The topological polar surface area (TPSA) is 93.5 Å². The van der Waals surface area contributed by atoms with Crippen LogP contribution in [0.3, 0.4) is 0 Å². The van der Waals surface area contributed by atoms with Crippen LogP contribution in [0.15, 0.2) is 12.3 Å². The standard InChI is InChI=1S/C10H16N4O4S/c1-19(16,17)18-14-8-5-9(11-14)10(15)12-13-6-3-2-4-7-13/h5,8H,2-4,6-7H2,1H3,(H,12,15). The van der Waals surface area contributed by atoms with Crippen LogP contribution in [-0.2, 0) is 10.1 Å². The third-order valence-corrected chi connectivity index (χ3v) is 3.05. The van der Waals surface area contributed by atoms with Crippen molar-refractivity contribution in [3.63, 3.8) is 0 Å². The van der Waals surface area contributed by atoms with Gasteiger partial charge in [-0.3, -0.25) is 14.5 Å². The average molecular weight is 288 g/mol. The number of nitrogens with zero attached hydrogens (tertiary/aromatic N) is 3. The third-order valence-electron chi connectivity index (χ3n) is 2.63. The van der Waals surface area contributed by atoms with Crippen molar-refractivity contribution >= 4 is 16.0 Å². The van der Waals surface area contributed by atoms with E-state index in [4.69, 9.17) is 0 Å². The summed E-state index contributed by atoms with van der Waals surface area (Å²) in [5.41, 5.74) is 2.83. The van der Waals surface area contributed by atoms with Crippen LogP contribution >= 0.6 is 0 Å². The molecule has 106 valence electrons. The van der Waals surface area contributed by atoms with Crippen LogP contribution < -0.4 is 9.71 Å². The molecule has 8 nitrogen and oxygen atoms in total. The highest BCUT2D eigenvalue weighted by Crippen LogP contribution is 2.06. The summed E-state index contributed by atoms with van der Waals surface area (Å²) in [7, 11) is -3.66. The van der Waals surface area contributed by atoms with Gasteiger partial charge < -0.3 is 0 Å². The van der Waals surface area contributed by atoms with Crippen LogP contribution in [0.1, 0.15) is 29.8 Å². The minimum Gasteiger partial charge on any atom is -0.283 e. The van der Waals surface area contributed by atoms with Gasteiger partial charge in [0, 0.05) is 13.1 Å². The molecule has 0 saturated carbocycles. The quantitative estimate of drug-likeness (QED) is 0.795. The van der Waals surface area contributed by atoms with Crippen LogP contribution in [0, 0.1) is 0 Å². The Labute approximate surface area is 111 Å². The second kappa shape index (κ2) is 5.57. The number of hydrogen-bond donors (Lipinski definition) is 1. The maximum absolute atomic E-state index is 11.9. The van der Waals surface area contributed by atoms with Gasteiger partial charge >= 0.3 is 10.1 Å². The van der Waals surface area contributed by atoms with E-state index in [1.54, 1.807) is 0 Å². The zero-order valence-corrected chi connectivity index (χ0v) is 11.4. The predicted octanol–water partition coefficient (Wildman–Crippen LogP) is -0.598. The SMILES string of the molecule is CS(=O)(=O)On1ccc(C(=O)NN2CCCCC2)n1. The molecular weight excluding hydrogens is 272 g/mol. The van der Waals surface area contributed by atoms with E-state index in [1.165, 1.54) is 18.7 Å². The highest BCUT2D eigenvalue weighted by Gasteiger charge is 2.16. The van der Waals surface area contributed by atoms with Gasteiger partial charge in [-0.2, -0.15) is 8.42 Å². The van der Waals surface area contributed by atoms with Crippen LogP contribution in [0.2, 0.25) is 0 Å². The van der Waals surface area contributed by atoms with Crippen molar-refractivity contribution in [1.29, 1.82) is 0 Å². The first kappa shape index (κ1) is 13.8. The number of hydrogen-bond acceptors (Lipinski definition) is 6. The smallest absolute Gasteiger partial charge is 0.283 e. The van der Waals surface area contributed by atoms with Gasteiger partial charge in [0.15, 0.2) is 5.69 Å². The Morgan fingerprint density at radius 1 is 1.37 bits per heavy atom. The molecule has 1 saturated heterocycles. The molecule has 0 radical (unpaired) electrons. The minimum atomic E-state index is -3.66. The highest BCUT2D eigenvalue weighted by atomic mass is 32.2. The second-order valence-electron chi connectivity index (χ2n) is 4.37. The molecule has 1 amide bonds. The predicted molar refractivity (Wildman–Crippen MR) is 66.5 cm³/mol. The molecule has 0 atom stereocenters. The summed E-state index contributed by atoms with van der Waals surface area (Å²) in [6, 6.07) is 1.39. The van der Waals surface area contributed by atoms with Crippen molar-refractivity contribution in [2.75, 3.05) is 19.3 Å². The van der Waals surface area contributed by atoms with E-state index >= 15 is 0 Å². The number of rotatable bonds is 4. The third kappa shape index (κ3) is 4.21. The monoisotopic (exact) mass is 288 g/mol. The zero-order chi connectivity index (χ0) is 13.9. The lowest BCUT2D eigenvalue weighted by Crippen LogP contribution is -2.45. The van der Waals surface area contributed by atoms with Gasteiger partial charge in [0.1, 0.15) is 0 Å². The Bertz CT molecular complexity index is 548. The van der Waals surface area contributed by atoms with Gasteiger partial charge in [-0.1, -0.05) is 11.3 Å². The van der Waals surface area contributed by atoms with Crippen LogP contribution in [0.25, 0.3) is 0 Å². The molecule has 0 spiro atoms. The fourth-order valence-corrected chi connectivity index (χ4v) is 2.18. The maximum Gasteiger partial charge on any atom is 0.325 e. The molecular formula is C10H16N4O4S. The molecule has 0 aliphatic carbocycles. The van der Waals surface area contributed by atoms with E-state index in [0.29, 0.717) is 0 Å². The summed E-state index contributed by atoms with van der Waals surface area (Å²) in [4.78, 5) is 12.6. The number of hydrazine groups is 1. The van der Waals surface area contributed by atoms with Crippen LogP contribution in [0.5, 0.6) is 0 Å².